The number of aryl methyl sites for hydroxylation is 1. The van der Waals surface area contributed by atoms with Crippen molar-refractivity contribution in [2.24, 2.45) is 0 Å². The molecule has 0 aromatic heterocycles. The molecule has 1 N–H and O–H groups in total. The number of rotatable bonds is 6. The zero-order valence-electron chi connectivity index (χ0n) is 11.2. The summed E-state index contributed by atoms with van der Waals surface area (Å²) in [4.78, 5) is 10.5. The molecule has 0 radical (unpaired) electrons. The van der Waals surface area contributed by atoms with Crippen molar-refractivity contribution in [2.75, 3.05) is 6.61 Å². The first-order valence-corrected chi connectivity index (χ1v) is 6.05. The zero-order valence-corrected chi connectivity index (χ0v) is 11.2. The van der Waals surface area contributed by atoms with Crippen LogP contribution in [0.15, 0.2) is 35.4 Å². The van der Waals surface area contributed by atoms with Gasteiger partial charge in [0, 0.05) is 6.42 Å². The smallest absolute Gasteiger partial charge is 0.303 e. The van der Waals surface area contributed by atoms with Gasteiger partial charge in [-0.05, 0) is 50.5 Å². The van der Waals surface area contributed by atoms with Gasteiger partial charge in [-0.15, -0.1) is 0 Å². The SMILES string of the molecule is CC(C)=C(C)COc1ccc(CCC(=O)O)cc1. The van der Waals surface area contributed by atoms with Crippen LogP contribution >= 0.6 is 0 Å². The minimum absolute atomic E-state index is 0.164. The van der Waals surface area contributed by atoms with E-state index in [9.17, 15) is 4.79 Å². The second-order valence-electron chi connectivity index (χ2n) is 4.61. The summed E-state index contributed by atoms with van der Waals surface area (Å²) in [5, 5.41) is 8.60. The maximum Gasteiger partial charge on any atom is 0.303 e. The summed E-state index contributed by atoms with van der Waals surface area (Å²) in [6.45, 7) is 6.77. The number of hydrogen-bond acceptors (Lipinski definition) is 2. The highest BCUT2D eigenvalue weighted by molar-refractivity contribution is 5.67. The Morgan fingerprint density at radius 1 is 1.17 bits per heavy atom. The largest absolute Gasteiger partial charge is 0.489 e. The predicted molar refractivity (Wildman–Crippen MR) is 71.9 cm³/mol. The highest BCUT2D eigenvalue weighted by Gasteiger charge is 2.00. The molecule has 0 fully saturated rings. The van der Waals surface area contributed by atoms with E-state index < -0.39 is 5.97 Å². The molecule has 0 aliphatic rings. The van der Waals surface area contributed by atoms with Crippen LogP contribution in [0.4, 0.5) is 0 Å². The normalized spacial score (nSPS) is 9.94. The Hall–Kier alpha value is -1.77. The van der Waals surface area contributed by atoms with Crippen LogP contribution in [0.25, 0.3) is 0 Å². The molecular formula is C15H20O3. The minimum atomic E-state index is -0.769. The third-order valence-electron chi connectivity index (χ3n) is 2.86. The lowest BCUT2D eigenvalue weighted by atomic mass is 10.1. The van der Waals surface area contributed by atoms with Crippen molar-refractivity contribution in [1.82, 2.24) is 0 Å². The first-order chi connectivity index (χ1) is 8.49. The van der Waals surface area contributed by atoms with Gasteiger partial charge in [0.05, 0.1) is 0 Å². The molecule has 0 amide bonds. The quantitative estimate of drug-likeness (QED) is 0.784. The average Bonchev–Trinajstić information content (AvgIpc) is 2.34. The lowest BCUT2D eigenvalue weighted by Gasteiger charge is -2.08. The zero-order chi connectivity index (χ0) is 13.5. The Labute approximate surface area is 108 Å². The molecule has 0 aliphatic carbocycles. The molecule has 0 heterocycles. The molecular weight excluding hydrogens is 228 g/mol. The van der Waals surface area contributed by atoms with Crippen molar-refractivity contribution < 1.29 is 14.6 Å². The van der Waals surface area contributed by atoms with E-state index >= 15 is 0 Å². The predicted octanol–water partition coefficient (Wildman–Crippen LogP) is 3.44. The van der Waals surface area contributed by atoms with E-state index in [1.807, 2.05) is 24.3 Å². The highest BCUT2D eigenvalue weighted by atomic mass is 16.5. The number of allylic oxidation sites excluding steroid dienone is 1. The second kappa shape index (κ2) is 6.84. The van der Waals surface area contributed by atoms with Crippen molar-refractivity contribution in [1.29, 1.82) is 0 Å². The van der Waals surface area contributed by atoms with E-state index in [1.165, 1.54) is 11.1 Å². The molecule has 3 nitrogen and oxygen atoms in total. The number of ether oxygens (including phenoxy) is 1. The van der Waals surface area contributed by atoms with Gasteiger partial charge in [0.25, 0.3) is 0 Å². The van der Waals surface area contributed by atoms with Gasteiger partial charge >= 0.3 is 5.97 Å². The van der Waals surface area contributed by atoms with E-state index in [1.54, 1.807) is 0 Å². The van der Waals surface area contributed by atoms with Crippen LogP contribution in [-0.2, 0) is 11.2 Å². The van der Waals surface area contributed by atoms with E-state index in [0.717, 1.165) is 11.3 Å². The van der Waals surface area contributed by atoms with Crippen LogP contribution in [0.3, 0.4) is 0 Å². The lowest BCUT2D eigenvalue weighted by Crippen LogP contribution is -2.00. The number of carboxylic acids is 1. The average molecular weight is 248 g/mol. The molecule has 0 atom stereocenters. The summed E-state index contributed by atoms with van der Waals surface area (Å²) >= 11 is 0. The Morgan fingerprint density at radius 3 is 2.28 bits per heavy atom. The number of aliphatic carboxylic acids is 1. The van der Waals surface area contributed by atoms with Gasteiger partial charge in [-0.3, -0.25) is 4.79 Å². The molecule has 0 unspecified atom stereocenters. The van der Waals surface area contributed by atoms with Gasteiger partial charge in [0.15, 0.2) is 0 Å². The minimum Gasteiger partial charge on any atom is -0.489 e. The topological polar surface area (TPSA) is 46.5 Å². The van der Waals surface area contributed by atoms with Crippen molar-refractivity contribution in [2.45, 2.75) is 33.6 Å². The molecule has 0 spiro atoms. The molecule has 98 valence electrons. The van der Waals surface area contributed by atoms with Crippen molar-refractivity contribution >= 4 is 5.97 Å². The van der Waals surface area contributed by atoms with E-state index in [4.69, 9.17) is 9.84 Å². The van der Waals surface area contributed by atoms with Crippen LogP contribution in [-0.4, -0.2) is 17.7 Å². The lowest BCUT2D eigenvalue weighted by molar-refractivity contribution is -0.136. The summed E-state index contributed by atoms with van der Waals surface area (Å²) < 4.78 is 5.64. The Bertz CT molecular complexity index is 426. The van der Waals surface area contributed by atoms with Gasteiger partial charge < -0.3 is 9.84 Å². The third-order valence-corrected chi connectivity index (χ3v) is 2.86. The van der Waals surface area contributed by atoms with Crippen LogP contribution in [0.5, 0.6) is 5.75 Å². The Balaban J connectivity index is 2.50. The fraction of sp³-hybridized carbons (Fsp3) is 0.400. The van der Waals surface area contributed by atoms with Gasteiger partial charge in [-0.2, -0.15) is 0 Å². The fourth-order valence-corrected chi connectivity index (χ4v) is 1.34. The standard InChI is InChI=1S/C15H20O3/c1-11(2)12(3)10-18-14-7-4-13(5-8-14)6-9-15(16)17/h4-5,7-8H,6,9-10H2,1-3H3,(H,16,17). The molecule has 1 rings (SSSR count). The van der Waals surface area contributed by atoms with Crippen molar-refractivity contribution in [3.05, 3.63) is 41.0 Å². The first kappa shape index (κ1) is 14.3. The van der Waals surface area contributed by atoms with Gasteiger partial charge in [0.1, 0.15) is 12.4 Å². The first-order valence-electron chi connectivity index (χ1n) is 6.05. The Kier molecular flexibility index (Phi) is 5.43. The van der Waals surface area contributed by atoms with E-state index in [-0.39, 0.29) is 6.42 Å². The van der Waals surface area contributed by atoms with E-state index in [0.29, 0.717) is 13.0 Å². The van der Waals surface area contributed by atoms with Crippen LogP contribution in [0.2, 0.25) is 0 Å². The molecule has 0 aliphatic heterocycles. The third kappa shape index (κ3) is 5.04. The van der Waals surface area contributed by atoms with Crippen LogP contribution in [0.1, 0.15) is 32.8 Å². The van der Waals surface area contributed by atoms with Crippen molar-refractivity contribution in [3.8, 4) is 5.75 Å². The van der Waals surface area contributed by atoms with Gasteiger partial charge in [0.2, 0.25) is 0 Å². The molecule has 3 heteroatoms. The molecule has 1 aromatic rings. The van der Waals surface area contributed by atoms with Crippen LogP contribution < -0.4 is 4.74 Å². The molecule has 1 aromatic carbocycles. The monoisotopic (exact) mass is 248 g/mol. The van der Waals surface area contributed by atoms with Crippen LogP contribution in [0, 0.1) is 0 Å². The number of benzene rings is 1. The number of carbonyl (C=O) groups is 1. The number of carboxylic acid groups (broad SMARTS) is 1. The van der Waals surface area contributed by atoms with Gasteiger partial charge in [-0.25, -0.2) is 0 Å². The molecule has 0 saturated carbocycles. The molecule has 0 saturated heterocycles. The molecule has 18 heavy (non-hydrogen) atoms. The van der Waals surface area contributed by atoms with Crippen molar-refractivity contribution in [3.63, 3.8) is 0 Å². The highest BCUT2D eigenvalue weighted by Crippen LogP contribution is 2.15. The second-order valence-corrected chi connectivity index (χ2v) is 4.61. The van der Waals surface area contributed by atoms with E-state index in [2.05, 4.69) is 20.8 Å². The molecule has 0 bridgehead atoms. The maximum absolute atomic E-state index is 10.5. The number of hydrogen-bond donors (Lipinski definition) is 1. The van der Waals surface area contributed by atoms with Gasteiger partial charge in [-0.1, -0.05) is 17.7 Å². The summed E-state index contributed by atoms with van der Waals surface area (Å²) in [6, 6.07) is 7.59. The summed E-state index contributed by atoms with van der Waals surface area (Å²) in [5.41, 5.74) is 3.52. The maximum atomic E-state index is 10.5. The Morgan fingerprint density at radius 2 is 1.78 bits per heavy atom. The summed E-state index contributed by atoms with van der Waals surface area (Å²) in [7, 11) is 0. The summed E-state index contributed by atoms with van der Waals surface area (Å²) in [5.74, 6) is 0.0455. The fourth-order valence-electron chi connectivity index (χ4n) is 1.34. The summed E-state index contributed by atoms with van der Waals surface area (Å²) in [6.07, 6.45) is 0.722.